The minimum atomic E-state index is 1.40. The summed E-state index contributed by atoms with van der Waals surface area (Å²) in [5.41, 5.74) is 2.54. The minimum absolute atomic E-state index is 1.40. The number of nitrogens with zero attached hydrogens (tertiary/aromatic N) is 2. The Morgan fingerprint density at radius 3 is 3.00 bits per heavy atom. The summed E-state index contributed by atoms with van der Waals surface area (Å²) in [5.74, 6) is 0. The van der Waals surface area contributed by atoms with Crippen LogP contribution in [0.1, 0.15) is 0 Å². The first-order valence-corrected chi connectivity index (χ1v) is 2.42. The van der Waals surface area contributed by atoms with Crippen LogP contribution < -0.4 is 10.5 Å². The number of rotatable bonds is 1. The van der Waals surface area contributed by atoms with Gasteiger partial charge in [0.15, 0.2) is 0 Å². The number of nitrogens with one attached hydrogen (secondary N) is 2. The van der Waals surface area contributed by atoms with Crippen molar-refractivity contribution in [3.05, 3.63) is 12.3 Å². The molecule has 0 fully saturated rings. The molecule has 0 bridgehead atoms. The maximum Gasteiger partial charge on any atom is 0.0504 e. The molecule has 0 amide bonds. The highest BCUT2D eigenvalue weighted by Crippen LogP contribution is 1.83. The van der Waals surface area contributed by atoms with Crippen molar-refractivity contribution < 1.29 is 0 Å². The van der Waals surface area contributed by atoms with E-state index < -0.39 is 0 Å². The fourth-order valence-corrected chi connectivity index (χ4v) is 0.438. The molecule has 0 aromatic heterocycles. The molecule has 1 aliphatic rings. The molecule has 0 aromatic carbocycles. The highest BCUT2D eigenvalue weighted by molar-refractivity contribution is 6.13. The Labute approximate surface area is 51.9 Å². The SMILES string of the molecule is ClNN1C=CC=NN1. The van der Waals surface area contributed by atoms with Gasteiger partial charge in [0, 0.05) is 6.20 Å². The van der Waals surface area contributed by atoms with Gasteiger partial charge in [-0.3, -0.25) is 0 Å². The lowest BCUT2D eigenvalue weighted by molar-refractivity contribution is 0.246. The van der Waals surface area contributed by atoms with Crippen LogP contribution in [-0.4, -0.2) is 11.3 Å². The standard InChI is InChI=1S/C3H5ClN4/c4-6-8-3-1-2-5-7-8/h1-3,6-7H. The van der Waals surface area contributed by atoms with Crippen LogP contribution in [0.2, 0.25) is 0 Å². The van der Waals surface area contributed by atoms with Gasteiger partial charge in [-0.2, -0.15) is 10.2 Å². The second-order valence-corrected chi connectivity index (χ2v) is 1.34. The van der Waals surface area contributed by atoms with E-state index in [0.29, 0.717) is 0 Å². The van der Waals surface area contributed by atoms with Crippen LogP contribution in [0.3, 0.4) is 0 Å². The van der Waals surface area contributed by atoms with Gasteiger partial charge in [-0.1, -0.05) is 0 Å². The smallest absolute Gasteiger partial charge is 0.0504 e. The zero-order valence-electron chi connectivity index (χ0n) is 4.00. The largest absolute Gasteiger partial charge is 0.203 e. The van der Waals surface area contributed by atoms with Gasteiger partial charge in [0.1, 0.15) is 0 Å². The number of halogens is 1. The number of hydrazone groups is 1. The molecule has 0 saturated heterocycles. The van der Waals surface area contributed by atoms with Gasteiger partial charge >= 0.3 is 0 Å². The molecule has 5 heteroatoms. The number of hydrogen-bond donors (Lipinski definition) is 2. The lowest BCUT2D eigenvalue weighted by atomic mass is 10.6. The third kappa shape index (κ3) is 1.11. The molecular weight excluding hydrogens is 128 g/mol. The van der Waals surface area contributed by atoms with Gasteiger partial charge in [0.25, 0.3) is 0 Å². The van der Waals surface area contributed by atoms with Gasteiger partial charge in [-0.15, -0.1) is 4.94 Å². The Bertz CT molecular complexity index is 120. The van der Waals surface area contributed by atoms with Crippen molar-refractivity contribution in [2.24, 2.45) is 5.10 Å². The van der Waals surface area contributed by atoms with E-state index in [4.69, 9.17) is 11.8 Å². The second kappa shape index (κ2) is 2.54. The van der Waals surface area contributed by atoms with Crippen molar-refractivity contribution in [2.45, 2.75) is 0 Å². The minimum Gasteiger partial charge on any atom is -0.203 e. The maximum atomic E-state index is 5.17. The molecule has 1 aliphatic heterocycles. The first kappa shape index (κ1) is 5.40. The van der Waals surface area contributed by atoms with Crippen LogP contribution in [0.25, 0.3) is 0 Å². The maximum absolute atomic E-state index is 5.17. The molecule has 0 aromatic rings. The summed E-state index contributed by atoms with van der Waals surface area (Å²) in [6.45, 7) is 0. The molecule has 4 nitrogen and oxygen atoms in total. The van der Waals surface area contributed by atoms with Crippen LogP contribution in [-0.2, 0) is 0 Å². The molecule has 1 heterocycles. The summed E-state index contributed by atoms with van der Waals surface area (Å²) in [6, 6.07) is 0. The Hall–Kier alpha value is -0.740. The molecule has 8 heavy (non-hydrogen) atoms. The number of hydrazine groups is 2. The lowest BCUT2D eigenvalue weighted by Gasteiger charge is -2.16. The molecule has 2 N–H and O–H groups in total. The molecule has 0 radical (unpaired) electrons. The molecule has 44 valence electrons. The molecule has 1 rings (SSSR count). The topological polar surface area (TPSA) is 39.7 Å². The summed E-state index contributed by atoms with van der Waals surface area (Å²) in [6.07, 6.45) is 5.05. The summed E-state index contributed by atoms with van der Waals surface area (Å²) in [7, 11) is 0. The molecule has 0 spiro atoms. The van der Waals surface area contributed by atoms with Crippen molar-refractivity contribution in [3.8, 4) is 0 Å². The van der Waals surface area contributed by atoms with Gasteiger partial charge in [0.2, 0.25) is 0 Å². The van der Waals surface area contributed by atoms with Gasteiger partial charge < -0.3 is 0 Å². The third-order valence-corrected chi connectivity index (χ3v) is 0.834. The fraction of sp³-hybridized carbons (Fsp3) is 0. The number of hydrogen-bond acceptors (Lipinski definition) is 4. The van der Waals surface area contributed by atoms with Crippen LogP contribution in [0.15, 0.2) is 17.4 Å². The molecule has 0 aliphatic carbocycles. The normalized spacial score (nSPS) is 16.4. The van der Waals surface area contributed by atoms with Crippen molar-refractivity contribution in [2.75, 3.05) is 0 Å². The van der Waals surface area contributed by atoms with Crippen molar-refractivity contribution in [1.82, 2.24) is 15.6 Å². The van der Waals surface area contributed by atoms with E-state index in [-0.39, 0.29) is 0 Å². The third-order valence-electron chi connectivity index (χ3n) is 0.652. The van der Waals surface area contributed by atoms with Crippen molar-refractivity contribution in [3.63, 3.8) is 0 Å². The Kier molecular flexibility index (Phi) is 1.71. The van der Waals surface area contributed by atoms with E-state index in [1.165, 1.54) is 5.12 Å². The average Bonchev–Trinajstić information content (AvgIpc) is 1.90. The van der Waals surface area contributed by atoms with Crippen LogP contribution >= 0.6 is 11.8 Å². The van der Waals surface area contributed by atoms with Gasteiger partial charge in [0.05, 0.1) is 6.21 Å². The van der Waals surface area contributed by atoms with E-state index in [1.54, 1.807) is 18.5 Å². The van der Waals surface area contributed by atoms with Gasteiger partial charge in [-0.05, 0) is 17.9 Å². The van der Waals surface area contributed by atoms with Crippen molar-refractivity contribution >= 4 is 18.0 Å². The second-order valence-electron chi connectivity index (χ2n) is 1.17. The lowest BCUT2D eigenvalue weighted by Crippen LogP contribution is -2.37. The van der Waals surface area contributed by atoms with E-state index in [9.17, 15) is 0 Å². The summed E-state index contributed by atoms with van der Waals surface area (Å²) in [5, 5.41) is 5.05. The summed E-state index contributed by atoms with van der Waals surface area (Å²) in [4.78, 5) is 2.30. The van der Waals surface area contributed by atoms with E-state index in [1.807, 2.05) is 0 Å². The Morgan fingerprint density at radius 1 is 1.75 bits per heavy atom. The molecule has 0 atom stereocenters. The van der Waals surface area contributed by atoms with E-state index in [2.05, 4.69) is 15.6 Å². The highest BCUT2D eigenvalue weighted by Gasteiger charge is 1.91. The number of allylic oxidation sites excluding steroid dienone is 1. The van der Waals surface area contributed by atoms with Crippen LogP contribution in [0.4, 0.5) is 0 Å². The molecular formula is C3H5ClN4. The first-order valence-electron chi connectivity index (χ1n) is 2.04. The van der Waals surface area contributed by atoms with E-state index >= 15 is 0 Å². The predicted octanol–water partition coefficient (Wildman–Crippen LogP) is -0.0355. The molecule has 0 unspecified atom stereocenters. The summed E-state index contributed by atoms with van der Waals surface area (Å²) >= 11 is 5.17. The van der Waals surface area contributed by atoms with E-state index in [0.717, 1.165) is 0 Å². The van der Waals surface area contributed by atoms with Crippen LogP contribution in [0.5, 0.6) is 0 Å². The fourth-order valence-electron chi connectivity index (χ4n) is 0.344. The zero-order valence-corrected chi connectivity index (χ0v) is 4.76. The Balaban J connectivity index is 2.40. The quantitative estimate of drug-likeness (QED) is 0.492. The first-order chi connectivity index (χ1) is 3.93. The average molecular weight is 133 g/mol. The summed E-state index contributed by atoms with van der Waals surface area (Å²) < 4.78 is 0. The van der Waals surface area contributed by atoms with Crippen molar-refractivity contribution in [1.29, 1.82) is 0 Å². The highest BCUT2D eigenvalue weighted by atomic mass is 35.5. The molecule has 0 saturated carbocycles. The monoisotopic (exact) mass is 132 g/mol. The zero-order chi connectivity index (χ0) is 5.82. The predicted molar refractivity (Wildman–Crippen MR) is 31.6 cm³/mol. The van der Waals surface area contributed by atoms with Crippen LogP contribution in [0, 0.1) is 0 Å². The Morgan fingerprint density at radius 2 is 2.62 bits per heavy atom. The van der Waals surface area contributed by atoms with Gasteiger partial charge in [-0.25, -0.2) is 5.53 Å².